The van der Waals surface area contributed by atoms with Crippen LogP contribution in [-0.4, -0.2) is 26.3 Å². The molecule has 3 rings (SSSR count). The molecule has 1 aliphatic carbocycles. The lowest BCUT2D eigenvalue weighted by molar-refractivity contribution is -0.384. The van der Waals surface area contributed by atoms with Crippen molar-refractivity contribution >= 4 is 5.69 Å². The fourth-order valence-corrected chi connectivity index (χ4v) is 2.49. The van der Waals surface area contributed by atoms with Crippen molar-refractivity contribution in [1.29, 1.82) is 0 Å². The number of non-ortho nitro benzene ring substituents is 1. The number of nitro groups is 1. The fraction of sp³-hybridized carbons (Fsp3) is 0.385. The Bertz CT molecular complexity index is 640. The summed E-state index contributed by atoms with van der Waals surface area (Å²) in [6.45, 7) is 0. The molecule has 0 aliphatic heterocycles. The maximum Gasteiger partial charge on any atom is 0.270 e. The predicted octanol–water partition coefficient (Wildman–Crippen LogP) is 2.27. The largest absolute Gasteiger partial charge is 0.392 e. The van der Waals surface area contributed by atoms with Crippen molar-refractivity contribution in [3.8, 4) is 11.4 Å². The van der Waals surface area contributed by atoms with Crippen molar-refractivity contribution in [2.45, 2.75) is 31.3 Å². The molecule has 7 heteroatoms. The Kier molecular flexibility index (Phi) is 3.19. The third-order valence-electron chi connectivity index (χ3n) is 3.55. The molecule has 0 spiro atoms. The van der Waals surface area contributed by atoms with Crippen LogP contribution in [0.1, 0.15) is 31.1 Å². The smallest absolute Gasteiger partial charge is 0.270 e. The van der Waals surface area contributed by atoms with Gasteiger partial charge in [0.15, 0.2) is 0 Å². The van der Waals surface area contributed by atoms with E-state index >= 15 is 0 Å². The van der Waals surface area contributed by atoms with Crippen LogP contribution in [0.4, 0.5) is 5.69 Å². The molecule has 20 heavy (non-hydrogen) atoms. The summed E-state index contributed by atoms with van der Waals surface area (Å²) in [6, 6.07) is 6.07. The molecule has 2 unspecified atom stereocenters. The van der Waals surface area contributed by atoms with Gasteiger partial charge in [0.1, 0.15) is 0 Å². The number of aromatic nitrogens is 2. The fourth-order valence-electron chi connectivity index (χ4n) is 2.49. The van der Waals surface area contributed by atoms with Crippen molar-refractivity contribution < 1.29 is 14.6 Å². The molecule has 1 aromatic heterocycles. The highest BCUT2D eigenvalue weighted by Gasteiger charge is 2.31. The minimum atomic E-state index is -0.467. The maximum absolute atomic E-state index is 10.8. The summed E-state index contributed by atoms with van der Waals surface area (Å²) >= 11 is 0. The highest BCUT2D eigenvalue weighted by atomic mass is 16.6. The summed E-state index contributed by atoms with van der Waals surface area (Å²) in [6.07, 6.45) is 2.03. The molecule has 1 aromatic carbocycles. The summed E-state index contributed by atoms with van der Waals surface area (Å²) in [7, 11) is 0. The van der Waals surface area contributed by atoms with Crippen LogP contribution in [0.5, 0.6) is 0 Å². The molecule has 2 aromatic rings. The first kappa shape index (κ1) is 12.7. The van der Waals surface area contributed by atoms with Crippen molar-refractivity contribution in [2.75, 3.05) is 0 Å². The van der Waals surface area contributed by atoms with Crippen molar-refractivity contribution in [3.63, 3.8) is 0 Å². The van der Waals surface area contributed by atoms with Gasteiger partial charge in [0.05, 0.1) is 16.9 Å². The van der Waals surface area contributed by atoms with Gasteiger partial charge in [0.2, 0.25) is 11.7 Å². The van der Waals surface area contributed by atoms with Gasteiger partial charge in [-0.2, -0.15) is 4.98 Å². The SMILES string of the molecule is O=[N+]([O-])c1cccc(-c2noc(C3CCCC3O)n2)c1. The van der Waals surface area contributed by atoms with E-state index in [4.69, 9.17) is 4.52 Å². The molecule has 2 atom stereocenters. The van der Waals surface area contributed by atoms with E-state index in [0.717, 1.165) is 19.3 Å². The van der Waals surface area contributed by atoms with Crippen LogP contribution in [-0.2, 0) is 0 Å². The highest BCUT2D eigenvalue weighted by molar-refractivity contribution is 5.58. The summed E-state index contributed by atoms with van der Waals surface area (Å²) in [5.41, 5.74) is 0.511. The van der Waals surface area contributed by atoms with Gasteiger partial charge in [-0.3, -0.25) is 10.1 Å². The Morgan fingerprint density at radius 1 is 1.40 bits per heavy atom. The zero-order valence-electron chi connectivity index (χ0n) is 10.6. The first-order valence-electron chi connectivity index (χ1n) is 6.41. The first-order valence-corrected chi connectivity index (χ1v) is 6.41. The van der Waals surface area contributed by atoms with E-state index in [2.05, 4.69) is 10.1 Å². The number of hydrogen-bond acceptors (Lipinski definition) is 6. The van der Waals surface area contributed by atoms with Gasteiger partial charge in [-0.25, -0.2) is 0 Å². The average Bonchev–Trinajstić information content (AvgIpc) is 3.07. The van der Waals surface area contributed by atoms with E-state index in [1.54, 1.807) is 12.1 Å². The molecule has 1 fully saturated rings. The van der Waals surface area contributed by atoms with Gasteiger partial charge in [-0.15, -0.1) is 0 Å². The Morgan fingerprint density at radius 2 is 2.25 bits per heavy atom. The zero-order chi connectivity index (χ0) is 14.1. The zero-order valence-corrected chi connectivity index (χ0v) is 10.6. The number of benzene rings is 1. The van der Waals surface area contributed by atoms with Crippen LogP contribution in [0.2, 0.25) is 0 Å². The van der Waals surface area contributed by atoms with Gasteiger partial charge in [0.25, 0.3) is 5.69 Å². The van der Waals surface area contributed by atoms with Crippen LogP contribution in [0.3, 0.4) is 0 Å². The topological polar surface area (TPSA) is 102 Å². The second-order valence-electron chi connectivity index (χ2n) is 4.87. The van der Waals surface area contributed by atoms with Crippen LogP contribution in [0, 0.1) is 10.1 Å². The number of nitrogens with zero attached hydrogens (tertiary/aromatic N) is 3. The number of nitro benzene ring substituents is 1. The first-order chi connectivity index (χ1) is 9.65. The Morgan fingerprint density at radius 3 is 2.95 bits per heavy atom. The maximum atomic E-state index is 10.8. The van der Waals surface area contributed by atoms with Crippen LogP contribution < -0.4 is 0 Å². The van der Waals surface area contributed by atoms with E-state index in [-0.39, 0.29) is 11.6 Å². The molecular formula is C13H13N3O4. The van der Waals surface area contributed by atoms with Crippen molar-refractivity contribution in [2.24, 2.45) is 0 Å². The minimum absolute atomic E-state index is 0.0187. The molecule has 1 N–H and O–H groups in total. The molecular weight excluding hydrogens is 262 g/mol. The number of hydrogen-bond donors (Lipinski definition) is 1. The molecule has 1 heterocycles. The van der Waals surface area contributed by atoms with Crippen LogP contribution in [0.25, 0.3) is 11.4 Å². The molecule has 104 valence electrons. The Hall–Kier alpha value is -2.28. The van der Waals surface area contributed by atoms with E-state index in [9.17, 15) is 15.2 Å². The average molecular weight is 275 g/mol. The minimum Gasteiger partial charge on any atom is -0.392 e. The number of aliphatic hydroxyl groups is 1. The number of rotatable bonds is 3. The molecule has 1 aliphatic rings. The quantitative estimate of drug-likeness (QED) is 0.681. The molecule has 7 nitrogen and oxygen atoms in total. The van der Waals surface area contributed by atoms with Gasteiger partial charge >= 0.3 is 0 Å². The second kappa shape index (κ2) is 5.01. The molecule has 0 bridgehead atoms. The molecule has 0 radical (unpaired) electrons. The van der Waals surface area contributed by atoms with Crippen molar-refractivity contribution in [3.05, 3.63) is 40.3 Å². The summed E-state index contributed by atoms with van der Waals surface area (Å²) in [5.74, 6) is 0.578. The third-order valence-corrected chi connectivity index (χ3v) is 3.55. The van der Waals surface area contributed by atoms with E-state index in [0.29, 0.717) is 17.3 Å². The monoisotopic (exact) mass is 275 g/mol. The lowest BCUT2D eigenvalue weighted by Gasteiger charge is -2.07. The standard InChI is InChI=1S/C13H13N3O4/c17-11-6-2-5-10(11)13-14-12(15-20-13)8-3-1-4-9(7-8)16(18)19/h1,3-4,7,10-11,17H,2,5-6H2. The lowest BCUT2D eigenvalue weighted by atomic mass is 10.1. The second-order valence-corrected chi connectivity index (χ2v) is 4.87. The highest BCUT2D eigenvalue weighted by Crippen LogP contribution is 2.34. The summed E-state index contributed by atoms with van der Waals surface area (Å²) in [4.78, 5) is 14.5. The van der Waals surface area contributed by atoms with E-state index < -0.39 is 11.0 Å². The lowest BCUT2D eigenvalue weighted by Crippen LogP contribution is -2.11. The van der Waals surface area contributed by atoms with Gasteiger partial charge in [0, 0.05) is 17.7 Å². The Labute approximate surface area is 114 Å². The van der Waals surface area contributed by atoms with E-state index in [1.165, 1.54) is 12.1 Å². The molecule has 0 saturated heterocycles. The third kappa shape index (κ3) is 2.27. The van der Waals surface area contributed by atoms with Gasteiger partial charge < -0.3 is 9.63 Å². The van der Waals surface area contributed by atoms with Crippen LogP contribution >= 0.6 is 0 Å². The summed E-state index contributed by atoms with van der Waals surface area (Å²) < 4.78 is 5.18. The number of aliphatic hydroxyl groups excluding tert-OH is 1. The van der Waals surface area contributed by atoms with Gasteiger partial charge in [-0.05, 0) is 19.3 Å². The van der Waals surface area contributed by atoms with E-state index in [1.807, 2.05) is 0 Å². The molecule has 0 amide bonds. The predicted molar refractivity (Wildman–Crippen MR) is 69.0 cm³/mol. The normalized spacial score (nSPS) is 22.1. The Balaban J connectivity index is 1.90. The molecule has 1 saturated carbocycles. The van der Waals surface area contributed by atoms with Crippen molar-refractivity contribution in [1.82, 2.24) is 10.1 Å². The summed E-state index contributed by atoms with van der Waals surface area (Å²) in [5, 5.41) is 24.4. The van der Waals surface area contributed by atoms with Crippen LogP contribution in [0.15, 0.2) is 28.8 Å². The van der Waals surface area contributed by atoms with Gasteiger partial charge in [-0.1, -0.05) is 17.3 Å².